The summed E-state index contributed by atoms with van der Waals surface area (Å²) in [6, 6.07) is 5.39. The fourth-order valence-corrected chi connectivity index (χ4v) is 2.78. The highest BCUT2D eigenvalue weighted by atomic mass is 19.1. The summed E-state index contributed by atoms with van der Waals surface area (Å²) in [5.41, 5.74) is 15.8. The molecule has 7 heteroatoms. The van der Waals surface area contributed by atoms with Gasteiger partial charge in [-0.1, -0.05) is 6.07 Å². The van der Waals surface area contributed by atoms with Gasteiger partial charge in [-0.2, -0.15) is 5.10 Å². The lowest BCUT2D eigenvalue weighted by atomic mass is 10.0. The lowest BCUT2D eigenvalue weighted by molar-refractivity contribution is 0.618. The first-order valence-corrected chi connectivity index (χ1v) is 7.77. The van der Waals surface area contributed by atoms with Crippen LogP contribution in [0.2, 0.25) is 0 Å². The van der Waals surface area contributed by atoms with Crippen molar-refractivity contribution in [2.45, 2.75) is 13.5 Å². The molecule has 0 bridgehead atoms. The van der Waals surface area contributed by atoms with Crippen molar-refractivity contribution in [3.05, 3.63) is 59.4 Å². The standard InChI is InChI=1S/C18H19FN6/c1-11-12(6-20)3-4-15(17(11)19)18-16-5-13(14(7-21)8-22-2)9-25(16)24-10-23-18/h3-5,7-10H,6,20-21H2,1-2H3. The Morgan fingerprint density at radius 3 is 2.88 bits per heavy atom. The third kappa shape index (κ3) is 2.89. The van der Waals surface area contributed by atoms with Gasteiger partial charge in [0.1, 0.15) is 17.8 Å². The summed E-state index contributed by atoms with van der Waals surface area (Å²) in [6.45, 7) is 2.01. The fourth-order valence-electron chi connectivity index (χ4n) is 2.78. The molecule has 3 rings (SSSR count). The molecule has 0 aliphatic rings. The minimum absolute atomic E-state index is 0.290. The molecule has 0 atom stereocenters. The SMILES string of the molecule is CN=CC(=CN)c1cc2c(-c3ccc(CN)c(C)c3F)ncnn2c1. The molecule has 4 N–H and O–H groups in total. The van der Waals surface area contributed by atoms with E-state index in [2.05, 4.69) is 15.1 Å². The van der Waals surface area contributed by atoms with Crippen molar-refractivity contribution in [1.29, 1.82) is 0 Å². The smallest absolute Gasteiger partial charge is 0.137 e. The second-order valence-electron chi connectivity index (χ2n) is 5.59. The van der Waals surface area contributed by atoms with Crippen LogP contribution in [0.25, 0.3) is 22.3 Å². The molecule has 128 valence electrons. The zero-order chi connectivity index (χ0) is 18.0. The van der Waals surface area contributed by atoms with Gasteiger partial charge < -0.3 is 11.5 Å². The predicted octanol–water partition coefficient (Wildman–Crippen LogP) is 2.30. The first-order valence-electron chi connectivity index (χ1n) is 7.77. The molecule has 2 aromatic heterocycles. The average Bonchev–Trinajstić information content (AvgIpc) is 3.06. The summed E-state index contributed by atoms with van der Waals surface area (Å²) in [7, 11) is 1.67. The van der Waals surface area contributed by atoms with Crippen LogP contribution in [0.15, 0.2) is 41.9 Å². The Morgan fingerprint density at radius 2 is 2.20 bits per heavy atom. The third-order valence-electron chi connectivity index (χ3n) is 4.16. The number of hydrogen-bond acceptors (Lipinski definition) is 5. The number of halogens is 1. The number of rotatable bonds is 4. The van der Waals surface area contributed by atoms with Crippen molar-refractivity contribution in [3.8, 4) is 11.3 Å². The lowest BCUT2D eigenvalue weighted by Crippen LogP contribution is -2.03. The molecule has 0 amide bonds. The van der Waals surface area contributed by atoms with Crippen molar-refractivity contribution in [3.63, 3.8) is 0 Å². The van der Waals surface area contributed by atoms with Crippen molar-refractivity contribution >= 4 is 17.3 Å². The third-order valence-corrected chi connectivity index (χ3v) is 4.16. The van der Waals surface area contributed by atoms with Gasteiger partial charge in [-0.25, -0.2) is 13.9 Å². The number of aliphatic imine (C=N–C) groups is 1. The van der Waals surface area contributed by atoms with Crippen LogP contribution in [-0.4, -0.2) is 27.9 Å². The molecule has 0 radical (unpaired) electrons. The summed E-state index contributed by atoms with van der Waals surface area (Å²) < 4.78 is 16.5. The van der Waals surface area contributed by atoms with E-state index in [-0.39, 0.29) is 5.82 Å². The highest BCUT2D eigenvalue weighted by Crippen LogP contribution is 2.29. The molecule has 0 spiro atoms. The van der Waals surface area contributed by atoms with Gasteiger partial charge in [-0.3, -0.25) is 4.99 Å². The second-order valence-corrected chi connectivity index (χ2v) is 5.59. The normalized spacial score (nSPS) is 12.4. The first-order chi connectivity index (χ1) is 12.1. The Balaban J connectivity index is 2.22. The highest BCUT2D eigenvalue weighted by molar-refractivity contribution is 6.10. The Kier molecular flexibility index (Phi) is 4.58. The summed E-state index contributed by atoms with van der Waals surface area (Å²) in [4.78, 5) is 8.28. The summed E-state index contributed by atoms with van der Waals surface area (Å²) in [5, 5.41) is 4.20. The van der Waals surface area contributed by atoms with Crippen molar-refractivity contribution in [1.82, 2.24) is 14.6 Å². The van der Waals surface area contributed by atoms with Gasteiger partial charge in [0.25, 0.3) is 0 Å². The Hall–Kier alpha value is -3.06. The number of fused-ring (bicyclic) bond motifs is 1. The molecule has 3 aromatic rings. The molecule has 0 aliphatic carbocycles. The molecule has 0 fully saturated rings. The first kappa shape index (κ1) is 16.8. The van der Waals surface area contributed by atoms with Gasteiger partial charge >= 0.3 is 0 Å². The van der Waals surface area contributed by atoms with E-state index in [1.807, 2.05) is 12.1 Å². The highest BCUT2D eigenvalue weighted by Gasteiger charge is 2.16. The minimum Gasteiger partial charge on any atom is -0.404 e. The maximum Gasteiger partial charge on any atom is 0.137 e. The lowest BCUT2D eigenvalue weighted by Gasteiger charge is -2.10. The van der Waals surface area contributed by atoms with E-state index in [1.165, 1.54) is 12.5 Å². The van der Waals surface area contributed by atoms with Crippen LogP contribution < -0.4 is 11.5 Å². The van der Waals surface area contributed by atoms with Gasteiger partial charge in [-0.05, 0) is 30.2 Å². The molecule has 0 saturated carbocycles. The van der Waals surface area contributed by atoms with E-state index in [1.54, 1.807) is 37.0 Å². The van der Waals surface area contributed by atoms with Gasteiger partial charge in [-0.15, -0.1) is 0 Å². The van der Waals surface area contributed by atoms with Gasteiger partial charge in [0.15, 0.2) is 0 Å². The topological polar surface area (TPSA) is 94.6 Å². The van der Waals surface area contributed by atoms with Gasteiger partial charge in [0, 0.05) is 48.9 Å². The van der Waals surface area contributed by atoms with Crippen molar-refractivity contribution in [2.24, 2.45) is 16.5 Å². The number of allylic oxidation sites excluding steroid dienone is 1. The quantitative estimate of drug-likeness (QED) is 0.714. The molecular formula is C18H19FN6. The second kappa shape index (κ2) is 6.82. The van der Waals surface area contributed by atoms with Crippen molar-refractivity contribution in [2.75, 3.05) is 7.05 Å². The monoisotopic (exact) mass is 338 g/mol. The molecule has 2 heterocycles. The molecule has 0 saturated heterocycles. The van der Waals surface area contributed by atoms with E-state index >= 15 is 0 Å². The van der Waals surface area contributed by atoms with Crippen LogP contribution in [0, 0.1) is 12.7 Å². The van der Waals surface area contributed by atoms with Crippen LogP contribution in [0.1, 0.15) is 16.7 Å². The summed E-state index contributed by atoms with van der Waals surface area (Å²) >= 11 is 0. The van der Waals surface area contributed by atoms with Gasteiger partial charge in [0.2, 0.25) is 0 Å². The van der Waals surface area contributed by atoms with Crippen LogP contribution in [0.5, 0.6) is 0 Å². The van der Waals surface area contributed by atoms with Crippen LogP contribution in [0.4, 0.5) is 4.39 Å². The molecule has 0 unspecified atom stereocenters. The molecule has 6 nitrogen and oxygen atoms in total. The molecule has 1 aromatic carbocycles. The van der Waals surface area contributed by atoms with Crippen molar-refractivity contribution < 1.29 is 4.39 Å². The zero-order valence-corrected chi connectivity index (χ0v) is 14.1. The number of hydrogen-bond donors (Lipinski definition) is 2. The molecule has 0 aliphatic heterocycles. The van der Waals surface area contributed by atoms with Crippen LogP contribution in [0.3, 0.4) is 0 Å². The number of aromatic nitrogens is 3. The van der Waals surface area contributed by atoms with E-state index in [9.17, 15) is 4.39 Å². The minimum atomic E-state index is -0.323. The predicted molar refractivity (Wildman–Crippen MR) is 97.6 cm³/mol. The number of nitrogens with zero attached hydrogens (tertiary/aromatic N) is 4. The largest absolute Gasteiger partial charge is 0.404 e. The Morgan fingerprint density at radius 1 is 1.40 bits per heavy atom. The molecular weight excluding hydrogens is 319 g/mol. The molecule has 25 heavy (non-hydrogen) atoms. The van der Waals surface area contributed by atoms with E-state index < -0.39 is 0 Å². The fraction of sp³-hybridized carbons (Fsp3) is 0.167. The zero-order valence-electron chi connectivity index (χ0n) is 14.1. The Labute approximate surface area is 144 Å². The number of nitrogens with two attached hydrogens (primary N) is 2. The van der Waals surface area contributed by atoms with E-state index in [4.69, 9.17) is 11.5 Å². The average molecular weight is 338 g/mol. The Bertz CT molecular complexity index is 987. The van der Waals surface area contributed by atoms with E-state index in [0.29, 0.717) is 28.9 Å². The summed E-state index contributed by atoms with van der Waals surface area (Å²) in [6.07, 6.45) is 6.33. The van der Waals surface area contributed by atoms with E-state index in [0.717, 1.165) is 16.7 Å². The van der Waals surface area contributed by atoms with Gasteiger partial charge in [0.05, 0.1) is 5.52 Å². The van der Waals surface area contributed by atoms with Crippen LogP contribution in [-0.2, 0) is 6.54 Å². The maximum absolute atomic E-state index is 14.8. The summed E-state index contributed by atoms with van der Waals surface area (Å²) in [5.74, 6) is -0.323. The van der Waals surface area contributed by atoms with Crippen LogP contribution >= 0.6 is 0 Å². The maximum atomic E-state index is 14.8. The number of benzene rings is 1.